The second-order valence-electron chi connectivity index (χ2n) is 5.73. The van der Waals surface area contributed by atoms with E-state index in [-0.39, 0.29) is 11.9 Å². The van der Waals surface area contributed by atoms with E-state index in [9.17, 15) is 4.79 Å². The number of thiophene rings is 1. The van der Waals surface area contributed by atoms with Crippen LogP contribution in [0.4, 0.5) is 0 Å². The molecule has 3 rings (SSSR count). The van der Waals surface area contributed by atoms with Crippen LogP contribution in [0.25, 0.3) is 0 Å². The van der Waals surface area contributed by atoms with Crippen molar-refractivity contribution in [3.8, 4) is 5.75 Å². The SMILES string of the molecule is COc1ccc(CCC(=O)N2CCCC2c2cccs2)cc1Br. The average molecular weight is 394 g/mol. The summed E-state index contributed by atoms with van der Waals surface area (Å²) in [7, 11) is 1.65. The summed E-state index contributed by atoms with van der Waals surface area (Å²) >= 11 is 5.25. The van der Waals surface area contributed by atoms with Gasteiger partial charge in [-0.1, -0.05) is 12.1 Å². The highest BCUT2D eigenvalue weighted by atomic mass is 79.9. The normalized spacial score (nSPS) is 17.5. The van der Waals surface area contributed by atoms with Gasteiger partial charge in [0.1, 0.15) is 5.75 Å². The maximum atomic E-state index is 12.6. The lowest BCUT2D eigenvalue weighted by molar-refractivity contribution is -0.132. The molecule has 23 heavy (non-hydrogen) atoms. The number of carbonyl (C=O) groups is 1. The standard InChI is InChI=1S/C18H20BrNO2S/c1-22-16-8-6-13(12-14(16)19)7-9-18(21)20-10-2-4-15(20)17-5-3-11-23-17/h3,5-6,8,11-12,15H,2,4,7,9-10H2,1H3. The first kappa shape index (κ1) is 16.5. The zero-order valence-corrected chi connectivity index (χ0v) is 15.5. The molecule has 2 heterocycles. The van der Waals surface area contributed by atoms with Crippen molar-refractivity contribution in [2.45, 2.75) is 31.7 Å². The van der Waals surface area contributed by atoms with E-state index in [0.717, 1.165) is 41.6 Å². The van der Waals surface area contributed by atoms with Gasteiger partial charge in [0.15, 0.2) is 0 Å². The van der Waals surface area contributed by atoms with Crippen LogP contribution >= 0.6 is 27.3 Å². The topological polar surface area (TPSA) is 29.5 Å². The molecule has 3 nitrogen and oxygen atoms in total. The quantitative estimate of drug-likeness (QED) is 0.728. The van der Waals surface area contributed by atoms with Gasteiger partial charge >= 0.3 is 0 Å². The van der Waals surface area contributed by atoms with Crippen molar-refractivity contribution in [1.29, 1.82) is 0 Å². The number of ether oxygens (including phenoxy) is 1. The van der Waals surface area contributed by atoms with Crippen molar-refractivity contribution in [3.63, 3.8) is 0 Å². The molecule has 1 aromatic heterocycles. The van der Waals surface area contributed by atoms with Crippen LogP contribution < -0.4 is 4.74 Å². The van der Waals surface area contributed by atoms with Crippen LogP contribution in [0.5, 0.6) is 5.75 Å². The maximum Gasteiger partial charge on any atom is 0.223 e. The molecule has 5 heteroatoms. The van der Waals surface area contributed by atoms with Crippen molar-refractivity contribution >= 4 is 33.2 Å². The van der Waals surface area contributed by atoms with E-state index in [2.05, 4.69) is 38.3 Å². The number of carbonyl (C=O) groups excluding carboxylic acids is 1. The molecular formula is C18H20BrNO2S. The smallest absolute Gasteiger partial charge is 0.223 e. The molecule has 0 aliphatic carbocycles. The molecule has 1 saturated heterocycles. The summed E-state index contributed by atoms with van der Waals surface area (Å²) in [5.41, 5.74) is 1.15. The zero-order valence-electron chi connectivity index (χ0n) is 13.1. The minimum Gasteiger partial charge on any atom is -0.496 e. The Labute approximate surface area is 149 Å². The predicted molar refractivity (Wildman–Crippen MR) is 97.0 cm³/mol. The number of amides is 1. The molecule has 0 spiro atoms. The molecule has 2 aromatic rings. The molecule has 122 valence electrons. The Morgan fingerprint density at radius 2 is 2.30 bits per heavy atom. The Hall–Kier alpha value is -1.33. The van der Waals surface area contributed by atoms with E-state index in [0.29, 0.717) is 6.42 Å². The molecule has 0 saturated carbocycles. The van der Waals surface area contributed by atoms with E-state index in [1.165, 1.54) is 4.88 Å². The first-order valence-electron chi connectivity index (χ1n) is 7.84. The van der Waals surface area contributed by atoms with Crippen LogP contribution in [0.3, 0.4) is 0 Å². The van der Waals surface area contributed by atoms with E-state index in [1.54, 1.807) is 18.4 Å². The molecule has 1 fully saturated rings. The van der Waals surface area contributed by atoms with Crippen LogP contribution in [0, 0.1) is 0 Å². The van der Waals surface area contributed by atoms with Gasteiger partial charge in [-0.15, -0.1) is 11.3 Å². The number of rotatable bonds is 5. The Morgan fingerprint density at radius 3 is 3.00 bits per heavy atom. The lowest BCUT2D eigenvalue weighted by Gasteiger charge is -2.24. The number of hydrogen-bond acceptors (Lipinski definition) is 3. The molecule has 1 amide bonds. The molecule has 1 atom stereocenters. The lowest BCUT2D eigenvalue weighted by atomic mass is 10.1. The third-order valence-electron chi connectivity index (χ3n) is 4.29. The molecule has 1 aromatic carbocycles. The number of methoxy groups -OCH3 is 1. The fourth-order valence-corrected chi connectivity index (χ4v) is 4.56. The number of nitrogens with zero attached hydrogens (tertiary/aromatic N) is 1. The average Bonchev–Trinajstić information content (AvgIpc) is 3.23. The van der Waals surface area contributed by atoms with Crippen LogP contribution in [-0.4, -0.2) is 24.5 Å². The first-order chi connectivity index (χ1) is 11.2. The minimum absolute atomic E-state index is 0.257. The highest BCUT2D eigenvalue weighted by Crippen LogP contribution is 2.35. The zero-order chi connectivity index (χ0) is 16.2. The molecule has 0 radical (unpaired) electrons. The molecule has 1 aliphatic rings. The van der Waals surface area contributed by atoms with E-state index < -0.39 is 0 Å². The fourth-order valence-electron chi connectivity index (χ4n) is 3.10. The summed E-state index contributed by atoms with van der Waals surface area (Å²) < 4.78 is 6.17. The first-order valence-corrected chi connectivity index (χ1v) is 9.51. The number of aryl methyl sites for hydroxylation is 1. The molecule has 0 N–H and O–H groups in total. The Morgan fingerprint density at radius 1 is 1.43 bits per heavy atom. The molecule has 1 unspecified atom stereocenters. The maximum absolute atomic E-state index is 12.6. The fraction of sp³-hybridized carbons (Fsp3) is 0.389. The lowest BCUT2D eigenvalue weighted by Crippen LogP contribution is -2.30. The van der Waals surface area contributed by atoms with Crippen molar-refractivity contribution in [3.05, 3.63) is 50.6 Å². The monoisotopic (exact) mass is 393 g/mol. The van der Waals surface area contributed by atoms with Gasteiger partial charge in [0, 0.05) is 17.8 Å². The predicted octanol–water partition coefficient (Wildman–Crippen LogP) is 4.82. The van der Waals surface area contributed by atoms with Gasteiger partial charge in [-0.2, -0.15) is 0 Å². The summed E-state index contributed by atoms with van der Waals surface area (Å²) in [6.07, 6.45) is 3.50. The van der Waals surface area contributed by atoms with Crippen LogP contribution in [-0.2, 0) is 11.2 Å². The highest BCUT2D eigenvalue weighted by Gasteiger charge is 2.30. The third kappa shape index (κ3) is 3.78. The summed E-state index contributed by atoms with van der Waals surface area (Å²) in [5, 5.41) is 2.09. The second-order valence-corrected chi connectivity index (χ2v) is 7.56. The molecular weight excluding hydrogens is 374 g/mol. The van der Waals surface area contributed by atoms with Crippen molar-refractivity contribution in [2.24, 2.45) is 0 Å². The summed E-state index contributed by atoms with van der Waals surface area (Å²) in [6, 6.07) is 10.5. The number of halogens is 1. The van der Waals surface area contributed by atoms with Gasteiger partial charge in [-0.05, 0) is 64.3 Å². The van der Waals surface area contributed by atoms with Gasteiger partial charge < -0.3 is 9.64 Å². The van der Waals surface area contributed by atoms with Crippen molar-refractivity contribution in [2.75, 3.05) is 13.7 Å². The number of likely N-dealkylation sites (tertiary alicyclic amines) is 1. The largest absolute Gasteiger partial charge is 0.496 e. The third-order valence-corrected chi connectivity index (χ3v) is 5.88. The minimum atomic E-state index is 0.257. The van der Waals surface area contributed by atoms with E-state index >= 15 is 0 Å². The summed E-state index contributed by atoms with van der Waals surface area (Å²) in [4.78, 5) is 16.0. The summed E-state index contributed by atoms with van der Waals surface area (Å²) in [5.74, 6) is 1.07. The van der Waals surface area contributed by atoms with E-state index in [4.69, 9.17) is 4.74 Å². The number of hydrogen-bond donors (Lipinski definition) is 0. The Bertz CT molecular complexity index is 672. The molecule has 1 aliphatic heterocycles. The van der Waals surface area contributed by atoms with Crippen LogP contribution in [0.2, 0.25) is 0 Å². The summed E-state index contributed by atoms with van der Waals surface area (Å²) in [6.45, 7) is 0.883. The van der Waals surface area contributed by atoms with Crippen molar-refractivity contribution < 1.29 is 9.53 Å². The van der Waals surface area contributed by atoms with Crippen LogP contribution in [0.15, 0.2) is 40.2 Å². The Balaban J connectivity index is 1.62. The van der Waals surface area contributed by atoms with Crippen LogP contribution in [0.1, 0.15) is 35.7 Å². The van der Waals surface area contributed by atoms with E-state index in [1.807, 2.05) is 18.2 Å². The number of benzene rings is 1. The highest BCUT2D eigenvalue weighted by molar-refractivity contribution is 9.10. The van der Waals surface area contributed by atoms with Gasteiger partial charge in [0.05, 0.1) is 17.6 Å². The second kappa shape index (κ2) is 7.49. The molecule has 0 bridgehead atoms. The van der Waals surface area contributed by atoms with Gasteiger partial charge in [0.2, 0.25) is 5.91 Å². The van der Waals surface area contributed by atoms with Gasteiger partial charge in [0.25, 0.3) is 0 Å². The van der Waals surface area contributed by atoms with Gasteiger partial charge in [-0.3, -0.25) is 4.79 Å². The van der Waals surface area contributed by atoms with Gasteiger partial charge in [-0.25, -0.2) is 0 Å². The van der Waals surface area contributed by atoms with Crippen molar-refractivity contribution in [1.82, 2.24) is 4.90 Å². The Kier molecular flexibility index (Phi) is 5.38.